The fourth-order valence-electron chi connectivity index (χ4n) is 6.32. The second-order valence-corrected chi connectivity index (χ2v) is 11.3. The number of pyridine rings is 1. The highest BCUT2D eigenvalue weighted by Crippen LogP contribution is 2.47. The van der Waals surface area contributed by atoms with E-state index in [0.29, 0.717) is 34.2 Å². The van der Waals surface area contributed by atoms with Gasteiger partial charge in [0.15, 0.2) is 5.82 Å². The van der Waals surface area contributed by atoms with E-state index in [1.807, 2.05) is 12.1 Å². The Balaban J connectivity index is 1.56. The Labute approximate surface area is 208 Å². The Morgan fingerprint density at radius 2 is 1.86 bits per heavy atom. The van der Waals surface area contributed by atoms with E-state index in [2.05, 4.69) is 42.1 Å². The molecule has 7 nitrogen and oxygen atoms in total. The van der Waals surface area contributed by atoms with Crippen LogP contribution in [0.25, 0.3) is 33.3 Å². The van der Waals surface area contributed by atoms with E-state index in [-0.39, 0.29) is 17.4 Å². The highest BCUT2D eigenvalue weighted by atomic mass is 19.1. The molecule has 3 N–H and O–H groups in total. The lowest BCUT2D eigenvalue weighted by atomic mass is 9.61. The van der Waals surface area contributed by atoms with Gasteiger partial charge in [-0.25, -0.2) is 19.3 Å². The second-order valence-electron chi connectivity index (χ2n) is 11.3. The zero-order valence-electron chi connectivity index (χ0n) is 20.7. The van der Waals surface area contributed by atoms with Gasteiger partial charge in [-0.3, -0.25) is 4.79 Å². The molecular weight excluding hydrogens is 457 g/mol. The molecule has 186 valence electrons. The predicted octanol–water partition coefficient (Wildman–Crippen LogP) is 5.91. The van der Waals surface area contributed by atoms with E-state index in [1.54, 1.807) is 6.20 Å². The SMILES string of the molecule is CC(C)(C)c1cccc2c(NC3C4CCC(CC4)C3C(=O)O)nc(-c3c[nH]c4ncc(F)cc34)nc12. The average Bonchev–Trinajstić information content (AvgIpc) is 3.26. The predicted molar refractivity (Wildman–Crippen MR) is 137 cm³/mol. The third kappa shape index (κ3) is 3.70. The molecule has 2 bridgehead atoms. The molecule has 7 rings (SSSR count). The van der Waals surface area contributed by atoms with Crippen LogP contribution in [0.2, 0.25) is 0 Å². The normalized spacial score (nSPS) is 23.9. The topological polar surface area (TPSA) is 104 Å². The molecule has 0 saturated heterocycles. The fourth-order valence-corrected chi connectivity index (χ4v) is 6.32. The summed E-state index contributed by atoms with van der Waals surface area (Å²) in [5.74, 6) is -0.0541. The summed E-state index contributed by atoms with van der Waals surface area (Å²) in [5, 5.41) is 15.2. The quantitative estimate of drug-likeness (QED) is 0.331. The molecule has 0 aliphatic heterocycles. The summed E-state index contributed by atoms with van der Waals surface area (Å²) in [7, 11) is 0. The van der Waals surface area contributed by atoms with Crippen LogP contribution < -0.4 is 5.32 Å². The van der Waals surface area contributed by atoms with Crippen LogP contribution in [0, 0.1) is 23.6 Å². The minimum atomic E-state index is -0.742. The maximum atomic E-state index is 14.1. The number of fused-ring (bicyclic) bond motifs is 5. The molecule has 1 aromatic carbocycles. The first-order valence-electron chi connectivity index (χ1n) is 12.6. The third-order valence-corrected chi connectivity index (χ3v) is 8.08. The smallest absolute Gasteiger partial charge is 0.308 e. The van der Waals surface area contributed by atoms with Crippen LogP contribution in [0.5, 0.6) is 0 Å². The average molecular weight is 488 g/mol. The minimum Gasteiger partial charge on any atom is -0.481 e. The van der Waals surface area contributed by atoms with Gasteiger partial charge in [0.05, 0.1) is 17.6 Å². The number of hydrogen-bond donors (Lipinski definition) is 3. The molecule has 3 saturated carbocycles. The number of anilines is 1. The van der Waals surface area contributed by atoms with Crippen LogP contribution in [0.15, 0.2) is 36.7 Å². The Bertz CT molecular complexity index is 1480. The Morgan fingerprint density at radius 3 is 2.58 bits per heavy atom. The lowest BCUT2D eigenvalue weighted by Crippen LogP contribution is -2.51. The van der Waals surface area contributed by atoms with Crippen molar-refractivity contribution >= 4 is 33.7 Å². The second kappa shape index (κ2) is 8.25. The Kier molecular flexibility index (Phi) is 5.24. The first kappa shape index (κ1) is 22.9. The minimum absolute atomic E-state index is 0.177. The van der Waals surface area contributed by atoms with Crippen molar-refractivity contribution in [3.05, 3.63) is 48.0 Å². The standard InChI is InChI=1S/C28H30FN5O2/c1-28(2,3)20-6-4-5-17-23(20)33-26(19-13-31-24-18(19)11-16(29)12-30-24)34-25(17)32-22-15-9-7-14(8-10-15)21(22)27(35)36/h4-6,11-15,21-22H,7-10H2,1-3H3,(H,30,31)(H,35,36)(H,32,33,34). The van der Waals surface area contributed by atoms with Crippen LogP contribution in [-0.4, -0.2) is 37.1 Å². The highest BCUT2D eigenvalue weighted by Gasteiger charge is 2.47. The van der Waals surface area contributed by atoms with Crippen LogP contribution in [0.1, 0.15) is 52.0 Å². The van der Waals surface area contributed by atoms with Crippen LogP contribution in [0.4, 0.5) is 10.2 Å². The van der Waals surface area contributed by atoms with E-state index in [4.69, 9.17) is 9.97 Å². The summed E-state index contributed by atoms with van der Waals surface area (Å²) >= 11 is 0. The van der Waals surface area contributed by atoms with Gasteiger partial charge in [0, 0.05) is 28.6 Å². The Hall–Kier alpha value is -3.55. The zero-order chi connectivity index (χ0) is 25.2. The summed E-state index contributed by atoms with van der Waals surface area (Å²) in [6, 6.07) is 7.31. The number of rotatable bonds is 4. The molecule has 0 spiro atoms. The van der Waals surface area contributed by atoms with Crippen molar-refractivity contribution in [1.82, 2.24) is 19.9 Å². The van der Waals surface area contributed by atoms with E-state index >= 15 is 0 Å². The first-order chi connectivity index (χ1) is 17.2. The van der Waals surface area contributed by atoms with Crippen LogP contribution >= 0.6 is 0 Å². The van der Waals surface area contributed by atoms with E-state index < -0.39 is 17.7 Å². The summed E-state index contributed by atoms with van der Waals surface area (Å²) in [5.41, 5.74) is 2.92. The van der Waals surface area contributed by atoms with Crippen molar-refractivity contribution in [3.63, 3.8) is 0 Å². The van der Waals surface area contributed by atoms with E-state index in [0.717, 1.165) is 42.1 Å². The Morgan fingerprint density at radius 1 is 1.11 bits per heavy atom. The van der Waals surface area contributed by atoms with E-state index in [1.165, 1.54) is 12.3 Å². The molecule has 3 heterocycles. The molecule has 3 aliphatic carbocycles. The number of para-hydroxylation sites is 1. The molecule has 2 unspecified atom stereocenters. The lowest BCUT2D eigenvalue weighted by Gasteiger charge is -2.47. The number of carboxylic acid groups (broad SMARTS) is 1. The largest absolute Gasteiger partial charge is 0.481 e. The summed E-state index contributed by atoms with van der Waals surface area (Å²) in [6.45, 7) is 6.42. The van der Waals surface area contributed by atoms with Crippen molar-refractivity contribution < 1.29 is 14.3 Å². The number of aromatic amines is 1. The fraction of sp³-hybridized carbons (Fsp3) is 0.429. The summed E-state index contributed by atoms with van der Waals surface area (Å²) in [6.07, 6.45) is 6.93. The van der Waals surface area contributed by atoms with E-state index in [9.17, 15) is 14.3 Å². The third-order valence-electron chi connectivity index (χ3n) is 8.08. The van der Waals surface area contributed by atoms with Crippen LogP contribution in [-0.2, 0) is 10.2 Å². The molecule has 4 aromatic rings. The lowest BCUT2D eigenvalue weighted by molar-refractivity contribution is -0.148. The molecule has 3 fully saturated rings. The highest BCUT2D eigenvalue weighted by molar-refractivity contribution is 5.97. The molecule has 2 atom stereocenters. The van der Waals surface area contributed by atoms with Crippen molar-refractivity contribution in [2.24, 2.45) is 17.8 Å². The van der Waals surface area contributed by atoms with Gasteiger partial charge in [-0.05, 0) is 60.6 Å². The molecule has 0 radical (unpaired) electrons. The van der Waals surface area contributed by atoms with Gasteiger partial charge in [0.1, 0.15) is 17.3 Å². The summed E-state index contributed by atoms with van der Waals surface area (Å²) in [4.78, 5) is 29.5. The molecule has 3 aliphatic rings. The molecule has 36 heavy (non-hydrogen) atoms. The number of halogens is 1. The van der Waals surface area contributed by atoms with Gasteiger partial charge in [0.2, 0.25) is 0 Å². The first-order valence-corrected chi connectivity index (χ1v) is 12.6. The van der Waals surface area contributed by atoms with Crippen molar-refractivity contribution in [1.29, 1.82) is 0 Å². The zero-order valence-corrected chi connectivity index (χ0v) is 20.7. The van der Waals surface area contributed by atoms with Gasteiger partial charge >= 0.3 is 5.97 Å². The van der Waals surface area contributed by atoms with Crippen molar-refractivity contribution in [3.8, 4) is 11.4 Å². The number of aliphatic carboxylic acids is 1. The number of carbonyl (C=O) groups is 1. The molecular formula is C28H30FN5O2. The monoisotopic (exact) mass is 487 g/mol. The van der Waals surface area contributed by atoms with Gasteiger partial charge in [-0.2, -0.15) is 0 Å². The summed E-state index contributed by atoms with van der Waals surface area (Å²) < 4.78 is 14.1. The van der Waals surface area contributed by atoms with Gasteiger partial charge in [0.25, 0.3) is 0 Å². The number of carboxylic acids is 1. The maximum absolute atomic E-state index is 14.1. The maximum Gasteiger partial charge on any atom is 0.308 e. The molecule has 8 heteroatoms. The number of H-pyrrole nitrogens is 1. The number of nitrogens with zero attached hydrogens (tertiary/aromatic N) is 3. The molecule has 3 aromatic heterocycles. The number of hydrogen-bond acceptors (Lipinski definition) is 5. The van der Waals surface area contributed by atoms with Crippen molar-refractivity contribution in [2.45, 2.75) is 57.9 Å². The number of aromatic nitrogens is 4. The van der Waals surface area contributed by atoms with Gasteiger partial charge in [-0.15, -0.1) is 0 Å². The number of nitrogens with one attached hydrogen (secondary N) is 2. The van der Waals surface area contributed by atoms with Gasteiger partial charge in [-0.1, -0.05) is 32.9 Å². The van der Waals surface area contributed by atoms with Crippen molar-refractivity contribution in [2.75, 3.05) is 5.32 Å². The van der Waals surface area contributed by atoms with Gasteiger partial charge < -0.3 is 15.4 Å². The number of benzene rings is 1. The van der Waals surface area contributed by atoms with Crippen LogP contribution in [0.3, 0.4) is 0 Å². The molecule has 0 amide bonds.